The van der Waals surface area contributed by atoms with Crippen LogP contribution in [0.5, 0.6) is 0 Å². The first-order valence-corrected chi connectivity index (χ1v) is 6.60. The number of sulfone groups is 1. The maximum absolute atomic E-state index is 11.7. The maximum atomic E-state index is 11.7. The summed E-state index contributed by atoms with van der Waals surface area (Å²) >= 11 is 0. The van der Waals surface area contributed by atoms with E-state index in [4.69, 9.17) is 0 Å². The Bertz CT molecular complexity index is 348. The van der Waals surface area contributed by atoms with Crippen LogP contribution in [-0.4, -0.2) is 56.4 Å². The summed E-state index contributed by atoms with van der Waals surface area (Å²) in [6, 6.07) is 0. The Balaban J connectivity index is 2.75. The van der Waals surface area contributed by atoms with Crippen molar-refractivity contribution in [2.45, 2.75) is 18.6 Å². The summed E-state index contributed by atoms with van der Waals surface area (Å²) in [5.41, 5.74) is 0. The predicted molar refractivity (Wildman–Crippen MR) is 58.4 cm³/mol. The van der Waals surface area contributed by atoms with E-state index in [1.54, 1.807) is 25.8 Å². The Morgan fingerprint density at radius 1 is 1.47 bits per heavy atom. The predicted octanol–water partition coefficient (Wildman–Crippen LogP) is -0.759. The fourth-order valence-electron chi connectivity index (χ4n) is 1.62. The van der Waals surface area contributed by atoms with E-state index in [1.165, 1.54) is 0 Å². The second-order valence-electron chi connectivity index (χ2n) is 4.42. The average Bonchev–Trinajstić information content (AvgIpc) is 2.10. The van der Waals surface area contributed by atoms with Gasteiger partial charge in [-0.3, -0.25) is 4.79 Å². The van der Waals surface area contributed by atoms with Crippen LogP contribution in [0, 0.1) is 0 Å². The lowest BCUT2D eigenvalue weighted by Crippen LogP contribution is -2.55. The van der Waals surface area contributed by atoms with E-state index in [0.29, 0.717) is 6.54 Å². The summed E-state index contributed by atoms with van der Waals surface area (Å²) in [4.78, 5) is 13.2. The number of likely N-dealkylation sites (N-methyl/N-ethyl adjacent to an activating group) is 1. The number of rotatable bonds is 2. The van der Waals surface area contributed by atoms with Gasteiger partial charge in [0.25, 0.3) is 0 Å². The molecule has 1 rings (SSSR count). The van der Waals surface area contributed by atoms with E-state index in [9.17, 15) is 13.2 Å². The van der Waals surface area contributed by atoms with Crippen LogP contribution in [-0.2, 0) is 14.6 Å². The molecule has 0 atom stereocenters. The molecule has 0 aromatic heterocycles. The van der Waals surface area contributed by atoms with Crippen molar-refractivity contribution in [3.05, 3.63) is 0 Å². The molecule has 6 heteroatoms. The van der Waals surface area contributed by atoms with Gasteiger partial charge < -0.3 is 10.2 Å². The molecule has 88 valence electrons. The number of nitrogens with zero attached hydrogens (tertiary/aromatic N) is 1. The largest absolute Gasteiger partial charge is 0.339 e. The fraction of sp³-hybridized carbons (Fsp3) is 0.889. The summed E-state index contributed by atoms with van der Waals surface area (Å²) < 4.78 is 22.5. The zero-order valence-corrected chi connectivity index (χ0v) is 10.2. The minimum Gasteiger partial charge on any atom is -0.339 e. The summed E-state index contributed by atoms with van der Waals surface area (Å²) in [6.07, 6.45) is 0. The van der Waals surface area contributed by atoms with Gasteiger partial charge in [-0.25, -0.2) is 8.42 Å². The molecular formula is C9H18N2O3S. The summed E-state index contributed by atoms with van der Waals surface area (Å²) in [7, 11) is -1.36. The highest BCUT2D eigenvalue weighted by molar-refractivity contribution is 7.92. The molecule has 0 aliphatic carbocycles. The topological polar surface area (TPSA) is 66.5 Å². The smallest absolute Gasteiger partial charge is 0.236 e. The number of hydrogen-bond acceptors (Lipinski definition) is 4. The summed E-state index contributed by atoms with van der Waals surface area (Å²) in [5, 5.41) is 2.77. The van der Waals surface area contributed by atoms with E-state index < -0.39 is 14.6 Å². The lowest BCUT2D eigenvalue weighted by atomic mass is 10.2. The van der Waals surface area contributed by atoms with Gasteiger partial charge in [-0.1, -0.05) is 0 Å². The Kier molecular flexibility index (Phi) is 3.40. The van der Waals surface area contributed by atoms with Gasteiger partial charge in [0, 0.05) is 13.1 Å². The maximum Gasteiger partial charge on any atom is 0.236 e. The molecule has 0 aromatic carbocycles. The number of amides is 1. The van der Waals surface area contributed by atoms with E-state index in [1.807, 2.05) is 0 Å². The molecule has 0 bridgehead atoms. The average molecular weight is 234 g/mol. The van der Waals surface area contributed by atoms with E-state index in [0.717, 1.165) is 0 Å². The van der Waals surface area contributed by atoms with Gasteiger partial charge in [0.1, 0.15) is 0 Å². The molecule has 1 heterocycles. The first-order valence-electron chi connectivity index (χ1n) is 4.95. The molecular weight excluding hydrogens is 216 g/mol. The first-order chi connectivity index (χ1) is 6.80. The highest BCUT2D eigenvalue weighted by Crippen LogP contribution is 2.23. The molecule has 0 unspecified atom stereocenters. The summed E-state index contributed by atoms with van der Waals surface area (Å²) in [5.74, 6) is 0.0237. The van der Waals surface area contributed by atoms with Crippen molar-refractivity contribution in [2.24, 2.45) is 0 Å². The van der Waals surface area contributed by atoms with Gasteiger partial charge in [-0.2, -0.15) is 0 Å². The highest BCUT2D eigenvalue weighted by atomic mass is 32.2. The molecule has 1 N–H and O–H groups in total. The van der Waals surface area contributed by atoms with Crippen molar-refractivity contribution in [3.8, 4) is 0 Å². The molecule has 1 saturated heterocycles. The van der Waals surface area contributed by atoms with Crippen LogP contribution in [0.25, 0.3) is 0 Å². The third kappa shape index (κ3) is 2.49. The highest BCUT2D eigenvalue weighted by Gasteiger charge is 2.41. The van der Waals surface area contributed by atoms with E-state index in [2.05, 4.69) is 5.32 Å². The quantitative estimate of drug-likeness (QED) is 0.682. The zero-order valence-electron chi connectivity index (χ0n) is 9.41. The van der Waals surface area contributed by atoms with Crippen LogP contribution < -0.4 is 5.32 Å². The third-order valence-corrected chi connectivity index (χ3v) is 5.26. The van der Waals surface area contributed by atoms with Gasteiger partial charge in [0.05, 0.1) is 17.0 Å². The Morgan fingerprint density at radius 2 is 2.07 bits per heavy atom. The van der Waals surface area contributed by atoms with Crippen molar-refractivity contribution in [1.82, 2.24) is 10.2 Å². The Morgan fingerprint density at radius 3 is 2.53 bits per heavy atom. The first kappa shape index (κ1) is 12.4. The lowest BCUT2D eigenvalue weighted by Gasteiger charge is -2.37. The van der Waals surface area contributed by atoms with Crippen molar-refractivity contribution in [1.29, 1.82) is 0 Å². The molecule has 1 fully saturated rings. The van der Waals surface area contributed by atoms with Crippen LogP contribution >= 0.6 is 0 Å². The van der Waals surface area contributed by atoms with Crippen molar-refractivity contribution in [3.63, 3.8) is 0 Å². The minimum absolute atomic E-state index is 0.0412. The van der Waals surface area contributed by atoms with Gasteiger partial charge in [0.2, 0.25) is 5.91 Å². The van der Waals surface area contributed by atoms with Gasteiger partial charge in [0.15, 0.2) is 9.84 Å². The normalized spacial score (nSPS) is 23.8. The minimum atomic E-state index is -3.06. The number of hydrogen-bond donors (Lipinski definition) is 1. The SMILES string of the molecule is CNCC(=O)N1CCS(=O)(=O)C(C)(C)C1. The second-order valence-corrected chi connectivity index (χ2v) is 7.17. The fourth-order valence-corrected chi connectivity index (χ4v) is 2.99. The molecule has 15 heavy (non-hydrogen) atoms. The van der Waals surface area contributed by atoms with E-state index >= 15 is 0 Å². The third-order valence-electron chi connectivity index (χ3n) is 2.72. The lowest BCUT2D eigenvalue weighted by molar-refractivity contribution is -0.130. The van der Waals surface area contributed by atoms with Crippen molar-refractivity contribution in [2.75, 3.05) is 32.4 Å². The molecule has 5 nitrogen and oxygen atoms in total. The van der Waals surface area contributed by atoms with E-state index in [-0.39, 0.29) is 24.7 Å². The Hall–Kier alpha value is -0.620. The van der Waals surface area contributed by atoms with Crippen LogP contribution in [0.3, 0.4) is 0 Å². The van der Waals surface area contributed by atoms with Crippen molar-refractivity contribution < 1.29 is 13.2 Å². The van der Waals surface area contributed by atoms with Gasteiger partial charge >= 0.3 is 0 Å². The summed E-state index contributed by atoms with van der Waals surface area (Å²) in [6.45, 7) is 4.19. The zero-order chi connectivity index (χ0) is 11.7. The molecule has 1 amide bonds. The molecule has 0 radical (unpaired) electrons. The molecule has 0 saturated carbocycles. The number of nitrogens with one attached hydrogen (secondary N) is 1. The monoisotopic (exact) mass is 234 g/mol. The van der Waals surface area contributed by atoms with Crippen LogP contribution in [0.2, 0.25) is 0 Å². The van der Waals surface area contributed by atoms with Crippen molar-refractivity contribution >= 4 is 15.7 Å². The van der Waals surface area contributed by atoms with Gasteiger partial charge in [-0.15, -0.1) is 0 Å². The number of carbonyl (C=O) groups is 1. The molecule has 0 spiro atoms. The molecule has 1 aliphatic heterocycles. The molecule has 0 aromatic rings. The van der Waals surface area contributed by atoms with Crippen LogP contribution in [0.1, 0.15) is 13.8 Å². The number of carbonyl (C=O) groups excluding carboxylic acids is 1. The second kappa shape index (κ2) is 4.09. The van der Waals surface area contributed by atoms with Crippen LogP contribution in [0.15, 0.2) is 0 Å². The Labute approximate surface area is 90.7 Å². The van der Waals surface area contributed by atoms with Crippen LogP contribution in [0.4, 0.5) is 0 Å². The standard InChI is InChI=1S/C9H18N2O3S/c1-9(2)7-11(8(12)6-10-3)4-5-15(9,13)14/h10H,4-7H2,1-3H3. The molecule has 1 aliphatic rings. The van der Waals surface area contributed by atoms with Gasteiger partial charge in [-0.05, 0) is 20.9 Å².